The molecule has 1 aromatic rings. The number of fused-ring (bicyclic) bond motifs is 1. The molecule has 0 atom stereocenters. The van der Waals surface area contributed by atoms with Crippen LogP contribution in [-0.2, 0) is 6.42 Å². The van der Waals surface area contributed by atoms with Gasteiger partial charge in [0.25, 0.3) is 0 Å². The molecule has 1 heterocycles. The molecule has 1 aromatic carbocycles. The summed E-state index contributed by atoms with van der Waals surface area (Å²) in [5.41, 5.74) is 2.34. The summed E-state index contributed by atoms with van der Waals surface area (Å²) in [5, 5.41) is 0. The Bertz CT molecular complexity index is 401. The van der Waals surface area contributed by atoms with Crippen LogP contribution in [0.25, 0.3) is 0 Å². The molecular formula is C13H13ClO. The first kappa shape index (κ1) is 10.4. The summed E-state index contributed by atoms with van der Waals surface area (Å²) in [6.07, 6.45) is 2.95. The zero-order valence-electron chi connectivity index (χ0n) is 8.55. The molecule has 0 saturated carbocycles. The first-order valence-corrected chi connectivity index (χ1v) is 5.74. The van der Waals surface area contributed by atoms with Gasteiger partial charge in [-0.05, 0) is 36.6 Å². The van der Waals surface area contributed by atoms with E-state index in [-0.39, 0.29) is 0 Å². The van der Waals surface area contributed by atoms with Crippen LogP contribution in [0, 0.1) is 11.8 Å². The Morgan fingerprint density at radius 2 is 2.33 bits per heavy atom. The van der Waals surface area contributed by atoms with Crippen LogP contribution < -0.4 is 4.74 Å². The van der Waals surface area contributed by atoms with Crippen molar-refractivity contribution < 1.29 is 4.74 Å². The van der Waals surface area contributed by atoms with E-state index in [9.17, 15) is 0 Å². The van der Waals surface area contributed by atoms with Gasteiger partial charge in [-0.25, -0.2) is 0 Å². The van der Waals surface area contributed by atoms with Gasteiger partial charge < -0.3 is 4.74 Å². The van der Waals surface area contributed by atoms with E-state index in [4.69, 9.17) is 16.3 Å². The molecule has 0 aromatic heterocycles. The van der Waals surface area contributed by atoms with Gasteiger partial charge in [0.2, 0.25) is 0 Å². The minimum atomic E-state index is 0.598. The van der Waals surface area contributed by atoms with E-state index in [2.05, 4.69) is 17.9 Å². The van der Waals surface area contributed by atoms with Crippen molar-refractivity contribution in [2.75, 3.05) is 12.5 Å². The summed E-state index contributed by atoms with van der Waals surface area (Å²) in [4.78, 5) is 0. The maximum absolute atomic E-state index is 5.56. The normalized spacial score (nSPS) is 13.4. The molecule has 0 bridgehead atoms. The Hall–Kier alpha value is -1.13. The van der Waals surface area contributed by atoms with Crippen LogP contribution >= 0.6 is 11.6 Å². The molecule has 1 nitrogen and oxygen atoms in total. The van der Waals surface area contributed by atoms with Crippen molar-refractivity contribution in [3.8, 4) is 17.6 Å². The number of benzene rings is 1. The maximum atomic E-state index is 5.56. The molecule has 15 heavy (non-hydrogen) atoms. The molecule has 2 rings (SSSR count). The van der Waals surface area contributed by atoms with Crippen LogP contribution in [0.2, 0.25) is 0 Å². The van der Waals surface area contributed by atoms with Gasteiger partial charge in [0.05, 0.1) is 6.61 Å². The number of alkyl halides is 1. The van der Waals surface area contributed by atoms with Gasteiger partial charge in [0, 0.05) is 17.9 Å². The van der Waals surface area contributed by atoms with Crippen LogP contribution in [0.5, 0.6) is 5.75 Å². The number of hydrogen-bond donors (Lipinski definition) is 0. The predicted molar refractivity (Wildman–Crippen MR) is 62.5 cm³/mol. The third kappa shape index (κ3) is 2.67. The first-order valence-electron chi connectivity index (χ1n) is 5.21. The third-order valence-electron chi connectivity index (χ3n) is 2.36. The summed E-state index contributed by atoms with van der Waals surface area (Å²) in [6, 6.07) is 6.14. The smallest absolute Gasteiger partial charge is 0.122 e. The largest absolute Gasteiger partial charge is 0.493 e. The van der Waals surface area contributed by atoms with Crippen molar-refractivity contribution in [2.24, 2.45) is 0 Å². The fraction of sp³-hybridized carbons (Fsp3) is 0.385. The van der Waals surface area contributed by atoms with Crippen molar-refractivity contribution >= 4 is 11.6 Å². The number of rotatable bonds is 1. The van der Waals surface area contributed by atoms with Gasteiger partial charge in [0.15, 0.2) is 0 Å². The van der Waals surface area contributed by atoms with Gasteiger partial charge in [-0.1, -0.05) is 11.8 Å². The lowest BCUT2D eigenvalue weighted by atomic mass is 10.0. The molecule has 0 unspecified atom stereocenters. The van der Waals surface area contributed by atoms with Crippen LogP contribution in [0.15, 0.2) is 18.2 Å². The van der Waals surface area contributed by atoms with E-state index in [1.54, 1.807) is 0 Å². The number of aryl methyl sites for hydroxylation is 1. The van der Waals surface area contributed by atoms with Gasteiger partial charge in [-0.3, -0.25) is 0 Å². The number of halogens is 1. The van der Waals surface area contributed by atoms with Gasteiger partial charge in [0.1, 0.15) is 5.75 Å². The molecule has 0 amide bonds. The van der Waals surface area contributed by atoms with Crippen LogP contribution in [0.3, 0.4) is 0 Å². The van der Waals surface area contributed by atoms with Gasteiger partial charge in [-0.2, -0.15) is 0 Å². The molecule has 0 aliphatic carbocycles. The molecule has 0 radical (unpaired) electrons. The quantitative estimate of drug-likeness (QED) is 0.522. The molecule has 0 spiro atoms. The second-order valence-corrected chi connectivity index (χ2v) is 3.89. The van der Waals surface area contributed by atoms with E-state index in [1.165, 1.54) is 5.56 Å². The Balaban J connectivity index is 2.18. The molecule has 0 fully saturated rings. The molecule has 1 aliphatic heterocycles. The zero-order chi connectivity index (χ0) is 10.5. The van der Waals surface area contributed by atoms with E-state index in [0.29, 0.717) is 5.88 Å². The highest BCUT2D eigenvalue weighted by Crippen LogP contribution is 2.25. The number of ether oxygens (including phenoxy) is 1. The molecule has 2 heteroatoms. The lowest BCUT2D eigenvalue weighted by Crippen LogP contribution is -2.08. The number of hydrogen-bond acceptors (Lipinski definition) is 1. The van der Waals surface area contributed by atoms with Crippen molar-refractivity contribution in [1.82, 2.24) is 0 Å². The summed E-state index contributed by atoms with van der Waals surface area (Å²) >= 11 is 5.56. The van der Waals surface area contributed by atoms with Crippen molar-refractivity contribution in [3.05, 3.63) is 29.3 Å². The lowest BCUT2D eigenvalue weighted by Gasteiger charge is -2.16. The maximum Gasteiger partial charge on any atom is 0.122 e. The fourth-order valence-corrected chi connectivity index (χ4v) is 1.74. The highest BCUT2D eigenvalue weighted by Gasteiger charge is 2.09. The SMILES string of the molecule is ClCCC#Cc1ccc2c(c1)CCCO2. The predicted octanol–water partition coefficient (Wildman–Crippen LogP) is 2.99. The van der Waals surface area contributed by atoms with Crippen molar-refractivity contribution in [3.63, 3.8) is 0 Å². The van der Waals surface area contributed by atoms with E-state index in [0.717, 1.165) is 37.2 Å². The van der Waals surface area contributed by atoms with E-state index < -0.39 is 0 Å². The Kier molecular flexibility index (Phi) is 3.53. The average molecular weight is 221 g/mol. The highest BCUT2D eigenvalue weighted by atomic mass is 35.5. The minimum Gasteiger partial charge on any atom is -0.493 e. The summed E-state index contributed by atoms with van der Waals surface area (Å²) in [5.74, 6) is 7.76. The van der Waals surface area contributed by atoms with Crippen molar-refractivity contribution in [2.45, 2.75) is 19.3 Å². The topological polar surface area (TPSA) is 9.23 Å². The van der Waals surface area contributed by atoms with Crippen LogP contribution in [0.1, 0.15) is 24.0 Å². The molecule has 0 N–H and O–H groups in total. The standard InChI is InChI=1S/C13H13ClO/c14-8-2-1-4-11-6-7-13-12(10-11)5-3-9-15-13/h6-7,10H,2-3,5,8-9H2. The Morgan fingerprint density at radius 3 is 3.20 bits per heavy atom. The van der Waals surface area contributed by atoms with Crippen molar-refractivity contribution in [1.29, 1.82) is 0 Å². The second-order valence-electron chi connectivity index (χ2n) is 3.52. The first-order chi connectivity index (χ1) is 7.40. The molecule has 78 valence electrons. The second kappa shape index (κ2) is 5.09. The van der Waals surface area contributed by atoms with E-state index >= 15 is 0 Å². The third-order valence-corrected chi connectivity index (χ3v) is 2.55. The molecular weight excluding hydrogens is 208 g/mol. The Labute approximate surface area is 95.4 Å². The molecule has 1 aliphatic rings. The lowest BCUT2D eigenvalue weighted by molar-refractivity contribution is 0.288. The Morgan fingerprint density at radius 1 is 1.40 bits per heavy atom. The van der Waals surface area contributed by atoms with Gasteiger partial charge >= 0.3 is 0 Å². The minimum absolute atomic E-state index is 0.598. The average Bonchev–Trinajstić information content (AvgIpc) is 2.29. The van der Waals surface area contributed by atoms with Gasteiger partial charge in [-0.15, -0.1) is 11.6 Å². The van der Waals surface area contributed by atoms with Crippen LogP contribution in [0.4, 0.5) is 0 Å². The summed E-state index contributed by atoms with van der Waals surface area (Å²) in [6.45, 7) is 0.838. The van der Waals surface area contributed by atoms with E-state index in [1.807, 2.05) is 12.1 Å². The summed E-state index contributed by atoms with van der Waals surface area (Å²) < 4.78 is 5.53. The van der Waals surface area contributed by atoms with Crippen LogP contribution in [-0.4, -0.2) is 12.5 Å². The fourth-order valence-electron chi connectivity index (χ4n) is 1.65. The summed E-state index contributed by atoms with van der Waals surface area (Å²) in [7, 11) is 0. The zero-order valence-corrected chi connectivity index (χ0v) is 9.31. The molecule has 0 saturated heterocycles. The monoisotopic (exact) mass is 220 g/mol. The highest BCUT2D eigenvalue weighted by molar-refractivity contribution is 6.18.